The zero-order valence-corrected chi connectivity index (χ0v) is 12.7. The van der Waals surface area contributed by atoms with Crippen LogP contribution in [0.5, 0.6) is 0 Å². The maximum absolute atomic E-state index is 4.36. The summed E-state index contributed by atoms with van der Waals surface area (Å²) in [5.74, 6) is 1.97. The Morgan fingerprint density at radius 3 is 2.67 bits per heavy atom. The molecule has 0 saturated carbocycles. The van der Waals surface area contributed by atoms with Gasteiger partial charge in [-0.15, -0.1) is 10.2 Å². The summed E-state index contributed by atoms with van der Waals surface area (Å²) >= 11 is 3.47. The van der Waals surface area contributed by atoms with Gasteiger partial charge < -0.3 is 4.57 Å². The SMILES string of the molecule is CCCn1c(CBr)nnc1-c1cc(C)ccc1C. The third-order valence-corrected chi connectivity index (χ3v) is 3.53. The lowest BCUT2D eigenvalue weighted by Crippen LogP contribution is -2.04. The van der Waals surface area contributed by atoms with Crippen LogP contribution in [-0.4, -0.2) is 14.8 Å². The monoisotopic (exact) mass is 307 g/mol. The van der Waals surface area contributed by atoms with E-state index >= 15 is 0 Å². The standard InChI is InChI=1S/C14H18BrN3/c1-4-7-18-13(9-15)16-17-14(18)12-8-10(2)5-6-11(12)3/h5-6,8H,4,7,9H2,1-3H3. The predicted molar refractivity (Wildman–Crippen MR) is 77.9 cm³/mol. The fourth-order valence-corrected chi connectivity index (χ4v) is 2.48. The summed E-state index contributed by atoms with van der Waals surface area (Å²) in [6, 6.07) is 6.46. The molecular formula is C14H18BrN3. The number of aryl methyl sites for hydroxylation is 2. The number of nitrogens with zero attached hydrogens (tertiary/aromatic N) is 3. The fraction of sp³-hybridized carbons (Fsp3) is 0.429. The molecule has 0 saturated heterocycles. The van der Waals surface area contributed by atoms with Crippen molar-refractivity contribution in [3.63, 3.8) is 0 Å². The molecule has 2 rings (SSSR count). The van der Waals surface area contributed by atoms with Crippen LogP contribution in [-0.2, 0) is 11.9 Å². The van der Waals surface area contributed by atoms with Gasteiger partial charge in [-0.2, -0.15) is 0 Å². The number of halogens is 1. The largest absolute Gasteiger partial charge is 0.310 e. The van der Waals surface area contributed by atoms with Gasteiger partial charge in [-0.05, 0) is 31.9 Å². The third-order valence-electron chi connectivity index (χ3n) is 3.03. The lowest BCUT2D eigenvalue weighted by atomic mass is 10.1. The molecule has 3 nitrogen and oxygen atoms in total. The van der Waals surface area contributed by atoms with Gasteiger partial charge in [0.25, 0.3) is 0 Å². The highest BCUT2D eigenvalue weighted by atomic mass is 79.9. The van der Waals surface area contributed by atoms with Gasteiger partial charge in [0.15, 0.2) is 5.82 Å². The Balaban J connectivity index is 2.56. The van der Waals surface area contributed by atoms with Crippen molar-refractivity contribution < 1.29 is 0 Å². The van der Waals surface area contributed by atoms with E-state index in [2.05, 4.69) is 69.7 Å². The van der Waals surface area contributed by atoms with Crippen LogP contribution in [0.2, 0.25) is 0 Å². The molecule has 1 aromatic heterocycles. The third kappa shape index (κ3) is 2.48. The first-order valence-corrected chi connectivity index (χ1v) is 7.35. The van der Waals surface area contributed by atoms with E-state index in [4.69, 9.17) is 0 Å². The molecule has 0 aliphatic rings. The van der Waals surface area contributed by atoms with Crippen LogP contribution in [0.15, 0.2) is 18.2 Å². The van der Waals surface area contributed by atoms with E-state index in [1.165, 1.54) is 16.7 Å². The van der Waals surface area contributed by atoms with E-state index in [-0.39, 0.29) is 0 Å². The summed E-state index contributed by atoms with van der Waals surface area (Å²) in [5, 5.41) is 9.37. The second-order valence-corrected chi connectivity index (χ2v) is 5.10. The second kappa shape index (κ2) is 5.65. The van der Waals surface area contributed by atoms with E-state index < -0.39 is 0 Å². The van der Waals surface area contributed by atoms with Crippen LogP contribution in [0, 0.1) is 13.8 Å². The Hall–Kier alpha value is -1.16. The molecule has 4 heteroatoms. The van der Waals surface area contributed by atoms with Crippen molar-refractivity contribution in [2.45, 2.75) is 39.1 Å². The summed E-state index contributed by atoms with van der Waals surface area (Å²) in [6.07, 6.45) is 1.08. The van der Waals surface area contributed by atoms with Crippen LogP contribution in [0.25, 0.3) is 11.4 Å². The molecule has 18 heavy (non-hydrogen) atoms. The van der Waals surface area contributed by atoms with Crippen molar-refractivity contribution in [1.29, 1.82) is 0 Å². The molecule has 0 bridgehead atoms. The minimum atomic E-state index is 0.741. The van der Waals surface area contributed by atoms with Crippen molar-refractivity contribution in [1.82, 2.24) is 14.8 Å². The van der Waals surface area contributed by atoms with Gasteiger partial charge in [0.1, 0.15) is 5.82 Å². The minimum Gasteiger partial charge on any atom is -0.310 e. The molecule has 0 amide bonds. The van der Waals surface area contributed by atoms with Crippen molar-refractivity contribution >= 4 is 15.9 Å². The van der Waals surface area contributed by atoms with E-state index in [1.807, 2.05) is 0 Å². The van der Waals surface area contributed by atoms with E-state index in [9.17, 15) is 0 Å². The smallest absolute Gasteiger partial charge is 0.164 e. The molecule has 0 N–H and O–H groups in total. The normalized spacial score (nSPS) is 10.9. The van der Waals surface area contributed by atoms with Crippen molar-refractivity contribution in [2.75, 3.05) is 0 Å². The van der Waals surface area contributed by atoms with Crippen molar-refractivity contribution in [3.05, 3.63) is 35.2 Å². The van der Waals surface area contributed by atoms with Gasteiger partial charge in [-0.25, -0.2) is 0 Å². The number of hydrogen-bond acceptors (Lipinski definition) is 2. The molecule has 0 radical (unpaired) electrons. The Labute approximate surface area is 116 Å². The number of aromatic nitrogens is 3. The number of alkyl halides is 1. The van der Waals surface area contributed by atoms with E-state index in [0.29, 0.717) is 0 Å². The highest BCUT2D eigenvalue weighted by molar-refractivity contribution is 9.08. The summed E-state index contributed by atoms with van der Waals surface area (Å²) < 4.78 is 2.20. The number of benzene rings is 1. The average Bonchev–Trinajstić information content (AvgIpc) is 2.76. The van der Waals surface area contributed by atoms with E-state index in [0.717, 1.165) is 29.9 Å². The number of rotatable bonds is 4. The summed E-state index contributed by atoms with van der Waals surface area (Å²) in [5.41, 5.74) is 3.68. The van der Waals surface area contributed by atoms with Gasteiger partial charge >= 0.3 is 0 Å². The van der Waals surface area contributed by atoms with Gasteiger partial charge in [-0.3, -0.25) is 0 Å². The Morgan fingerprint density at radius 1 is 1.22 bits per heavy atom. The van der Waals surface area contributed by atoms with Gasteiger partial charge in [0.05, 0.1) is 5.33 Å². The molecule has 0 spiro atoms. The van der Waals surface area contributed by atoms with Crippen molar-refractivity contribution in [2.24, 2.45) is 0 Å². The first kappa shape index (κ1) is 13.3. The zero-order valence-electron chi connectivity index (χ0n) is 11.1. The summed E-state index contributed by atoms with van der Waals surface area (Å²) in [4.78, 5) is 0. The molecule has 1 heterocycles. The molecule has 96 valence electrons. The molecule has 2 aromatic rings. The first-order valence-electron chi connectivity index (χ1n) is 6.23. The quantitative estimate of drug-likeness (QED) is 0.803. The van der Waals surface area contributed by atoms with Gasteiger partial charge in [-0.1, -0.05) is 40.5 Å². The highest BCUT2D eigenvalue weighted by Crippen LogP contribution is 2.24. The lowest BCUT2D eigenvalue weighted by Gasteiger charge is -2.10. The predicted octanol–water partition coefficient (Wildman–Crippen LogP) is 3.87. The first-order chi connectivity index (χ1) is 8.67. The van der Waals surface area contributed by atoms with Crippen LogP contribution < -0.4 is 0 Å². The van der Waals surface area contributed by atoms with Gasteiger partial charge in [0.2, 0.25) is 0 Å². The summed E-state index contributed by atoms with van der Waals surface area (Å²) in [6.45, 7) is 7.35. The molecule has 1 aromatic carbocycles. The zero-order chi connectivity index (χ0) is 13.1. The maximum atomic E-state index is 4.36. The fourth-order valence-electron chi connectivity index (χ4n) is 2.07. The lowest BCUT2D eigenvalue weighted by molar-refractivity contribution is 0.661. The van der Waals surface area contributed by atoms with E-state index in [1.54, 1.807) is 0 Å². The molecule has 0 aliphatic heterocycles. The van der Waals surface area contributed by atoms with Gasteiger partial charge in [0, 0.05) is 12.1 Å². The van der Waals surface area contributed by atoms with Crippen LogP contribution >= 0.6 is 15.9 Å². The highest BCUT2D eigenvalue weighted by Gasteiger charge is 2.14. The van der Waals surface area contributed by atoms with Crippen LogP contribution in [0.1, 0.15) is 30.3 Å². The Morgan fingerprint density at radius 2 is 2.00 bits per heavy atom. The minimum absolute atomic E-state index is 0.741. The van der Waals surface area contributed by atoms with Crippen LogP contribution in [0.4, 0.5) is 0 Å². The second-order valence-electron chi connectivity index (χ2n) is 4.54. The molecule has 0 unspecified atom stereocenters. The molecule has 0 fully saturated rings. The summed E-state index contributed by atoms with van der Waals surface area (Å²) in [7, 11) is 0. The average molecular weight is 308 g/mol. The Kier molecular flexibility index (Phi) is 4.17. The number of hydrogen-bond donors (Lipinski definition) is 0. The molecular weight excluding hydrogens is 290 g/mol. The molecule has 0 aliphatic carbocycles. The topological polar surface area (TPSA) is 30.7 Å². The van der Waals surface area contributed by atoms with Crippen molar-refractivity contribution in [3.8, 4) is 11.4 Å². The van der Waals surface area contributed by atoms with Crippen LogP contribution in [0.3, 0.4) is 0 Å². The maximum Gasteiger partial charge on any atom is 0.164 e. The molecule has 0 atom stereocenters. The Bertz CT molecular complexity index is 546.